The molecule has 0 aliphatic carbocycles. The second-order valence-corrected chi connectivity index (χ2v) is 4.85. The van der Waals surface area contributed by atoms with E-state index >= 15 is 0 Å². The Balaban J connectivity index is 0.00000196. The number of hydrogen-bond donors (Lipinski definition) is 1. The molecule has 0 spiro atoms. The molecule has 1 amide bonds. The summed E-state index contributed by atoms with van der Waals surface area (Å²) in [4.78, 5) is 14.0. The largest absolute Gasteiger partial charge is 0.337 e. The molecule has 1 N–H and O–H groups in total. The Labute approximate surface area is 103 Å². The Bertz CT molecular complexity index is 204. The van der Waals surface area contributed by atoms with Crippen LogP contribution < -0.4 is 5.32 Å². The van der Waals surface area contributed by atoms with Crippen LogP contribution in [0.3, 0.4) is 0 Å². The molecule has 0 saturated carbocycles. The first-order valence-corrected chi connectivity index (χ1v) is 6.56. The van der Waals surface area contributed by atoms with Crippen LogP contribution >= 0.6 is 24.2 Å². The Morgan fingerprint density at radius 1 is 1.67 bits per heavy atom. The van der Waals surface area contributed by atoms with Crippen molar-refractivity contribution in [3.63, 3.8) is 0 Å². The van der Waals surface area contributed by atoms with E-state index in [-0.39, 0.29) is 18.3 Å². The Morgan fingerprint density at radius 3 is 2.87 bits per heavy atom. The first-order chi connectivity index (χ1) is 6.66. The van der Waals surface area contributed by atoms with Gasteiger partial charge < -0.3 is 10.2 Å². The van der Waals surface area contributed by atoms with E-state index < -0.39 is 0 Å². The smallest absolute Gasteiger partial charge is 0.226 e. The minimum Gasteiger partial charge on any atom is -0.337 e. The van der Waals surface area contributed by atoms with Crippen LogP contribution in [0.1, 0.15) is 13.8 Å². The van der Waals surface area contributed by atoms with Gasteiger partial charge in [-0.05, 0) is 13.2 Å². The highest BCUT2D eigenvalue weighted by molar-refractivity contribution is 7.98. The zero-order valence-electron chi connectivity index (χ0n) is 9.66. The summed E-state index contributed by atoms with van der Waals surface area (Å²) in [5.41, 5.74) is 0. The number of amides is 1. The average molecular weight is 253 g/mol. The molecule has 0 radical (unpaired) electrons. The van der Waals surface area contributed by atoms with Crippen LogP contribution in [0.5, 0.6) is 0 Å². The van der Waals surface area contributed by atoms with E-state index in [0.29, 0.717) is 11.9 Å². The predicted molar refractivity (Wildman–Crippen MR) is 68.8 cm³/mol. The molecule has 0 aromatic rings. The highest BCUT2D eigenvalue weighted by Crippen LogP contribution is 2.12. The fourth-order valence-corrected chi connectivity index (χ4v) is 2.42. The number of piperazine rings is 1. The topological polar surface area (TPSA) is 32.3 Å². The van der Waals surface area contributed by atoms with Crippen LogP contribution in [0.15, 0.2) is 0 Å². The highest BCUT2D eigenvalue weighted by Gasteiger charge is 2.26. The third-order valence-corrected chi connectivity index (χ3v) is 3.46. The molecular formula is C10H21ClN2OS. The van der Waals surface area contributed by atoms with Gasteiger partial charge in [0.1, 0.15) is 0 Å². The van der Waals surface area contributed by atoms with Gasteiger partial charge in [-0.1, -0.05) is 6.92 Å². The fraction of sp³-hybridized carbons (Fsp3) is 0.900. The molecular weight excluding hydrogens is 232 g/mol. The van der Waals surface area contributed by atoms with Crippen LogP contribution in [0.4, 0.5) is 0 Å². The maximum Gasteiger partial charge on any atom is 0.226 e. The molecule has 1 aliphatic rings. The first kappa shape index (κ1) is 15.1. The molecule has 90 valence electrons. The Kier molecular flexibility index (Phi) is 7.40. The molecule has 0 bridgehead atoms. The monoisotopic (exact) mass is 252 g/mol. The van der Waals surface area contributed by atoms with Gasteiger partial charge in [0.2, 0.25) is 5.91 Å². The molecule has 0 aromatic carbocycles. The third-order valence-electron chi connectivity index (χ3n) is 2.62. The molecule has 1 aliphatic heterocycles. The lowest BCUT2D eigenvalue weighted by Crippen LogP contribution is -2.53. The first-order valence-electron chi connectivity index (χ1n) is 5.17. The number of carbonyl (C=O) groups is 1. The molecule has 1 rings (SSSR count). The maximum atomic E-state index is 12.0. The minimum atomic E-state index is 0. The summed E-state index contributed by atoms with van der Waals surface area (Å²) in [7, 11) is 0. The SMILES string of the molecule is CSCC(C)C(=O)N1CCNCC1C.Cl. The van der Waals surface area contributed by atoms with Crippen LogP contribution in [0.2, 0.25) is 0 Å². The fourth-order valence-electron chi connectivity index (χ4n) is 1.77. The number of nitrogens with zero attached hydrogens (tertiary/aromatic N) is 1. The van der Waals surface area contributed by atoms with Crippen molar-refractivity contribution in [3.8, 4) is 0 Å². The van der Waals surface area contributed by atoms with E-state index in [0.717, 1.165) is 25.4 Å². The lowest BCUT2D eigenvalue weighted by molar-refractivity contribution is -0.137. The Hall–Kier alpha value is 0.0700. The van der Waals surface area contributed by atoms with Crippen molar-refractivity contribution < 1.29 is 4.79 Å². The van der Waals surface area contributed by atoms with Crippen molar-refractivity contribution in [2.24, 2.45) is 5.92 Å². The summed E-state index contributed by atoms with van der Waals surface area (Å²) in [5, 5.41) is 3.29. The van der Waals surface area contributed by atoms with Crippen molar-refractivity contribution >= 4 is 30.1 Å². The summed E-state index contributed by atoms with van der Waals surface area (Å²) in [5.74, 6) is 1.40. The van der Waals surface area contributed by atoms with Gasteiger partial charge in [-0.25, -0.2) is 0 Å². The summed E-state index contributed by atoms with van der Waals surface area (Å²) in [6, 6.07) is 0.348. The third kappa shape index (κ3) is 4.21. The average Bonchev–Trinajstić information content (AvgIpc) is 2.18. The molecule has 5 heteroatoms. The lowest BCUT2D eigenvalue weighted by atomic mass is 10.1. The van der Waals surface area contributed by atoms with Crippen LogP contribution in [0.25, 0.3) is 0 Å². The van der Waals surface area contributed by atoms with Gasteiger partial charge in [0.05, 0.1) is 0 Å². The van der Waals surface area contributed by atoms with Crippen LogP contribution in [-0.2, 0) is 4.79 Å². The van der Waals surface area contributed by atoms with Crippen LogP contribution in [-0.4, -0.2) is 48.5 Å². The van der Waals surface area contributed by atoms with E-state index in [4.69, 9.17) is 0 Å². The summed E-state index contributed by atoms with van der Waals surface area (Å²) < 4.78 is 0. The predicted octanol–water partition coefficient (Wildman–Crippen LogP) is 1.23. The van der Waals surface area contributed by atoms with E-state index in [2.05, 4.69) is 12.2 Å². The maximum absolute atomic E-state index is 12.0. The zero-order chi connectivity index (χ0) is 10.6. The number of nitrogens with one attached hydrogen (secondary N) is 1. The van der Waals surface area contributed by atoms with Crippen molar-refractivity contribution in [2.75, 3.05) is 31.6 Å². The Morgan fingerprint density at radius 2 is 2.33 bits per heavy atom. The second-order valence-electron chi connectivity index (χ2n) is 3.94. The van der Waals surface area contributed by atoms with Gasteiger partial charge in [0, 0.05) is 37.3 Å². The number of hydrogen-bond acceptors (Lipinski definition) is 3. The zero-order valence-corrected chi connectivity index (χ0v) is 11.3. The van der Waals surface area contributed by atoms with Gasteiger partial charge in [-0.15, -0.1) is 12.4 Å². The molecule has 2 atom stereocenters. The summed E-state index contributed by atoms with van der Waals surface area (Å²) in [6.07, 6.45) is 2.05. The second kappa shape index (κ2) is 7.36. The van der Waals surface area contributed by atoms with E-state index in [1.165, 1.54) is 0 Å². The molecule has 0 aromatic heterocycles. The van der Waals surface area contributed by atoms with Gasteiger partial charge >= 0.3 is 0 Å². The van der Waals surface area contributed by atoms with Crippen LogP contribution in [0, 0.1) is 5.92 Å². The van der Waals surface area contributed by atoms with Crippen molar-refractivity contribution in [2.45, 2.75) is 19.9 Å². The molecule has 2 unspecified atom stereocenters. The molecule has 1 saturated heterocycles. The minimum absolute atomic E-state index is 0. The molecule has 1 fully saturated rings. The number of carbonyl (C=O) groups excluding carboxylic acids is 1. The molecule has 3 nitrogen and oxygen atoms in total. The van der Waals surface area contributed by atoms with Gasteiger partial charge in [-0.2, -0.15) is 11.8 Å². The highest BCUT2D eigenvalue weighted by atomic mass is 35.5. The van der Waals surface area contributed by atoms with E-state index in [1.807, 2.05) is 18.1 Å². The van der Waals surface area contributed by atoms with Gasteiger partial charge in [0.25, 0.3) is 0 Å². The quantitative estimate of drug-likeness (QED) is 0.820. The van der Waals surface area contributed by atoms with Crippen molar-refractivity contribution in [3.05, 3.63) is 0 Å². The number of halogens is 1. The van der Waals surface area contributed by atoms with E-state index in [1.54, 1.807) is 11.8 Å². The normalized spacial score (nSPS) is 23.1. The van der Waals surface area contributed by atoms with E-state index in [9.17, 15) is 4.79 Å². The van der Waals surface area contributed by atoms with Gasteiger partial charge in [0.15, 0.2) is 0 Å². The van der Waals surface area contributed by atoms with Gasteiger partial charge in [-0.3, -0.25) is 4.79 Å². The number of rotatable bonds is 3. The van der Waals surface area contributed by atoms with Crippen molar-refractivity contribution in [1.82, 2.24) is 10.2 Å². The lowest BCUT2D eigenvalue weighted by Gasteiger charge is -2.35. The molecule has 1 heterocycles. The molecule has 15 heavy (non-hydrogen) atoms. The standard InChI is InChI=1S/C10H20N2OS.ClH/c1-8(7-14-3)10(13)12-5-4-11-6-9(12)2;/h8-9,11H,4-7H2,1-3H3;1H. The van der Waals surface area contributed by atoms with Crippen molar-refractivity contribution in [1.29, 1.82) is 0 Å². The number of thioether (sulfide) groups is 1. The summed E-state index contributed by atoms with van der Waals surface area (Å²) >= 11 is 1.74. The summed E-state index contributed by atoms with van der Waals surface area (Å²) in [6.45, 7) is 6.85.